The first kappa shape index (κ1) is 10.6. The maximum Gasteiger partial charge on any atom is 0.346 e. The highest BCUT2D eigenvalue weighted by Crippen LogP contribution is 2.26. The fourth-order valence-corrected chi connectivity index (χ4v) is 1.81. The second kappa shape index (κ2) is 4.32. The van der Waals surface area contributed by atoms with Crippen LogP contribution in [0.1, 0.15) is 15.2 Å². The number of nitrogens with zero attached hydrogens (tertiary/aromatic N) is 1. The smallest absolute Gasteiger partial charge is 0.346 e. The summed E-state index contributed by atoms with van der Waals surface area (Å²) in [4.78, 5) is 14.9. The SMILES string of the molecule is Cc1ccnc(Oc2csc(C(=O)O)c2)c1. The molecule has 1 N–H and O–H groups in total. The van der Waals surface area contributed by atoms with E-state index in [1.165, 1.54) is 6.07 Å². The third-order valence-electron chi connectivity index (χ3n) is 1.90. The Morgan fingerprint density at radius 2 is 2.31 bits per heavy atom. The summed E-state index contributed by atoms with van der Waals surface area (Å²) in [7, 11) is 0. The predicted molar refractivity (Wildman–Crippen MR) is 60.3 cm³/mol. The quantitative estimate of drug-likeness (QED) is 0.888. The zero-order chi connectivity index (χ0) is 11.5. The molecule has 4 nitrogen and oxygen atoms in total. The van der Waals surface area contributed by atoms with Crippen molar-refractivity contribution in [2.75, 3.05) is 0 Å². The zero-order valence-corrected chi connectivity index (χ0v) is 9.32. The van der Waals surface area contributed by atoms with Gasteiger partial charge in [-0.15, -0.1) is 11.3 Å². The monoisotopic (exact) mass is 235 g/mol. The van der Waals surface area contributed by atoms with E-state index < -0.39 is 5.97 Å². The Bertz CT molecular complexity index is 521. The number of hydrogen-bond acceptors (Lipinski definition) is 4. The van der Waals surface area contributed by atoms with Gasteiger partial charge in [-0.25, -0.2) is 9.78 Å². The van der Waals surface area contributed by atoms with Crippen LogP contribution in [-0.4, -0.2) is 16.1 Å². The number of aryl methyl sites for hydroxylation is 1. The van der Waals surface area contributed by atoms with Gasteiger partial charge in [-0.05, 0) is 18.6 Å². The van der Waals surface area contributed by atoms with Crippen LogP contribution in [0, 0.1) is 6.92 Å². The molecule has 0 fully saturated rings. The Morgan fingerprint density at radius 1 is 1.50 bits per heavy atom. The molecule has 0 spiro atoms. The van der Waals surface area contributed by atoms with Crippen LogP contribution in [0.3, 0.4) is 0 Å². The van der Waals surface area contributed by atoms with Crippen LogP contribution in [0.15, 0.2) is 29.8 Å². The third-order valence-corrected chi connectivity index (χ3v) is 2.80. The van der Waals surface area contributed by atoms with Crippen molar-refractivity contribution in [2.24, 2.45) is 0 Å². The van der Waals surface area contributed by atoms with E-state index in [1.54, 1.807) is 17.6 Å². The standard InChI is InChI=1S/C11H9NO3S/c1-7-2-3-12-10(4-7)15-8-5-9(11(13)14)16-6-8/h2-6H,1H3,(H,13,14). The van der Waals surface area contributed by atoms with Crippen molar-refractivity contribution in [3.05, 3.63) is 40.2 Å². The summed E-state index contributed by atoms with van der Waals surface area (Å²) in [6, 6.07) is 5.14. The van der Waals surface area contributed by atoms with E-state index in [-0.39, 0.29) is 4.88 Å². The Kier molecular flexibility index (Phi) is 2.87. The molecular weight excluding hydrogens is 226 g/mol. The Balaban J connectivity index is 2.17. The second-order valence-corrected chi connectivity index (χ2v) is 4.14. The third kappa shape index (κ3) is 2.38. The summed E-state index contributed by atoms with van der Waals surface area (Å²) in [6.45, 7) is 1.94. The fraction of sp³-hybridized carbons (Fsp3) is 0.0909. The molecule has 0 unspecified atom stereocenters. The molecule has 0 aromatic carbocycles. The van der Waals surface area contributed by atoms with E-state index in [2.05, 4.69) is 4.98 Å². The van der Waals surface area contributed by atoms with Crippen LogP contribution >= 0.6 is 11.3 Å². The summed E-state index contributed by atoms with van der Waals surface area (Å²) >= 11 is 1.13. The summed E-state index contributed by atoms with van der Waals surface area (Å²) in [5, 5.41) is 10.4. The molecule has 16 heavy (non-hydrogen) atoms. The van der Waals surface area contributed by atoms with Gasteiger partial charge in [-0.2, -0.15) is 0 Å². The Hall–Kier alpha value is -1.88. The van der Waals surface area contributed by atoms with Gasteiger partial charge in [0.2, 0.25) is 5.88 Å². The molecule has 0 bridgehead atoms. The lowest BCUT2D eigenvalue weighted by atomic mass is 10.3. The van der Waals surface area contributed by atoms with Crippen LogP contribution in [0.4, 0.5) is 0 Å². The van der Waals surface area contributed by atoms with E-state index in [4.69, 9.17) is 9.84 Å². The highest BCUT2D eigenvalue weighted by molar-refractivity contribution is 7.12. The minimum Gasteiger partial charge on any atom is -0.477 e. The molecule has 2 aromatic rings. The van der Waals surface area contributed by atoms with E-state index >= 15 is 0 Å². The first-order valence-electron chi connectivity index (χ1n) is 4.57. The molecule has 0 amide bonds. The molecule has 0 radical (unpaired) electrons. The van der Waals surface area contributed by atoms with Crippen LogP contribution in [0.25, 0.3) is 0 Å². The van der Waals surface area contributed by atoms with Gasteiger partial charge in [-0.1, -0.05) is 0 Å². The Labute approximate surface area is 96.1 Å². The lowest BCUT2D eigenvalue weighted by molar-refractivity contribution is 0.0702. The van der Waals surface area contributed by atoms with Gasteiger partial charge in [0.15, 0.2) is 0 Å². The summed E-state index contributed by atoms with van der Waals surface area (Å²) in [6.07, 6.45) is 1.65. The van der Waals surface area contributed by atoms with Crippen molar-refractivity contribution in [1.29, 1.82) is 0 Å². The number of pyridine rings is 1. The molecule has 0 atom stereocenters. The van der Waals surface area contributed by atoms with Crippen molar-refractivity contribution in [1.82, 2.24) is 4.98 Å². The zero-order valence-electron chi connectivity index (χ0n) is 8.51. The number of thiophene rings is 1. The van der Waals surface area contributed by atoms with E-state index in [0.717, 1.165) is 16.9 Å². The van der Waals surface area contributed by atoms with Crippen molar-refractivity contribution in [3.63, 3.8) is 0 Å². The first-order valence-corrected chi connectivity index (χ1v) is 5.45. The molecule has 82 valence electrons. The van der Waals surface area contributed by atoms with Crippen molar-refractivity contribution in [2.45, 2.75) is 6.92 Å². The lowest BCUT2D eigenvalue weighted by Gasteiger charge is -2.01. The van der Waals surface area contributed by atoms with E-state index in [0.29, 0.717) is 11.6 Å². The Morgan fingerprint density at radius 3 is 2.94 bits per heavy atom. The van der Waals surface area contributed by atoms with E-state index in [9.17, 15) is 4.79 Å². The molecular formula is C11H9NO3S. The van der Waals surface area contributed by atoms with Crippen LogP contribution < -0.4 is 4.74 Å². The second-order valence-electron chi connectivity index (χ2n) is 3.23. The molecule has 2 aromatic heterocycles. The molecule has 0 aliphatic rings. The molecule has 5 heteroatoms. The van der Waals surface area contributed by atoms with Gasteiger partial charge in [0.05, 0.1) is 0 Å². The number of ether oxygens (including phenoxy) is 1. The minimum atomic E-state index is -0.947. The van der Waals surface area contributed by atoms with Crippen LogP contribution in [0.5, 0.6) is 11.6 Å². The van der Waals surface area contributed by atoms with Gasteiger partial charge in [0.25, 0.3) is 0 Å². The van der Waals surface area contributed by atoms with Gasteiger partial charge < -0.3 is 9.84 Å². The highest BCUT2D eigenvalue weighted by atomic mass is 32.1. The topological polar surface area (TPSA) is 59.4 Å². The van der Waals surface area contributed by atoms with Crippen molar-refractivity contribution >= 4 is 17.3 Å². The molecule has 0 aliphatic carbocycles. The van der Waals surface area contributed by atoms with Crippen LogP contribution in [-0.2, 0) is 0 Å². The predicted octanol–water partition coefficient (Wildman–Crippen LogP) is 2.94. The average molecular weight is 235 g/mol. The highest BCUT2D eigenvalue weighted by Gasteiger charge is 2.08. The maximum absolute atomic E-state index is 10.7. The number of aromatic nitrogens is 1. The molecule has 2 rings (SSSR count). The molecule has 0 saturated heterocycles. The van der Waals surface area contributed by atoms with Gasteiger partial charge in [0.1, 0.15) is 10.6 Å². The van der Waals surface area contributed by atoms with Gasteiger partial charge in [0, 0.05) is 23.7 Å². The summed E-state index contributed by atoms with van der Waals surface area (Å²) in [5.74, 6) is 0.0206. The minimum absolute atomic E-state index is 0.252. The molecule has 2 heterocycles. The number of rotatable bonds is 3. The van der Waals surface area contributed by atoms with Crippen molar-refractivity contribution < 1.29 is 14.6 Å². The largest absolute Gasteiger partial charge is 0.477 e. The first-order chi connectivity index (χ1) is 7.65. The van der Waals surface area contributed by atoms with Crippen molar-refractivity contribution in [3.8, 4) is 11.6 Å². The van der Waals surface area contributed by atoms with E-state index in [1.807, 2.05) is 13.0 Å². The molecule has 0 saturated carbocycles. The summed E-state index contributed by atoms with van der Waals surface area (Å²) in [5.41, 5.74) is 1.04. The number of carboxylic acid groups (broad SMARTS) is 1. The number of hydrogen-bond donors (Lipinski definition) is 1. The maximum atomic E-state index is 10.7. The van der Waals surface area contributed by atoms with Crippen LogP contribution in [0.2, 0.25) is 0 Å². The fourth-order valence-electron chi connectivity index (χ4n) is 1.17. The average Bonchev–Trinajstić information content (AvgIpc) is 2.66. The number of carbonyl (C=O) groups is 1. The molecule has 0 aliphatic heterocycles. The number of aromatic carboxylic acids is 1. The summed E-state index contributed by atoms with van der Waals surface area (Å²) < 4.78 is 5.43. The van der Waals surface area contributed by atoms with Gasteiger partial charge >= 0.3 is 5.97 Å². The van der Waals surface area contributed by atoms with Gasteiger partial charge in [-0.3, -0.25) is 0 Å². The normalized spacial score (nSPS) is 10.1. The lowest BCUT2D eigenvalue weighted by Crippen LogP contribution is -1.90. The number of carboxylic acids is 1.